The SMILES string of the molecule is CCNC(c1cc(Cl)cc(Cl)c1)c1ccc2c(c1)CCO2. The van der Waals surface area contributed by atoms with Crippen LogP contribution in [0.5, 0.6) is 5.75 Å². The van der Waals surface area contributed by atoms with E-state index in [1.54, 1.807) is 6.07 Å². The van der Waals surface area contributed by atoms with E-state index < -0.39 is 0 Å². The van der Waals surface area contributed by atoms with Crippen molar-refractivity contribution in [2.75, 3.05) is 13.2 Å². The number of benzene rings is 2. The van der Waals surface area contributed by atoms with Crippen molar-refractivity contribution < 1.29 is 4.74 Å². The summed E-state index contributed by atoms with van der Waals surface area (Å²) in [5.74, 6) is 0.998. The summed E-state index contributed by atoms with van der Waals surface area (Å²) >= 11 is 12.3. The van der Waals surface area contributed by atoms with E-state index in [0.29, 0.717) is 10.0 Å². The molecule has 2 aromatic rings. The monoisotopic (exact) mass is 321 g/mol. The van der Waals surface area contributed by atoms with Gasteiger partial charge in [0.2, 0.25) is 0 Å². The van der Waals surface area contributed by atoms with Crippen LogP contribution in [-0.4, -0.2) is 13.2 Å². The van der Waals surface area contributed by atoms with Crippen LogP contribution < -0.4 is 10.1 Å². The first-order valence-electron chi connectivity index (χ1n) is 7.12. The fourth-order valence-electron chi connectivity index (χ4n) is 2.76. The molecule has 0 spiro atoms. The minimum absolute atomic E-state index is 0.0806. The molecule has 1 aliphatic rings. The molecule has 0 radical (unpaired) electrons. The van der Waals surface area contributed by atoms with E-state index in [2.05, 4.69) is 24.4 Å². The number of rotatable bonds is 4. The van der Waals surface area contributed by atoms with Crippen molar-refractivity contribution in [3.63, 3.8) is 0 Å². The van der Waals surface area contributed by atoms with Crippen LogP contribution in [0.2, 0.25) is 10.0 Å². The van der Waals surface area contributed by atoms with Crippen molar-refractivity contribution in [2.24, 2.45) is 0 Å². The fraction of sp³-hybridized carbons (Fsp3) is 0.294. The second-order valence-electron chi connectivity index (χ2n) is 5.16. The third-order valence-corrected chi connectivity index (χ3v) is 4.11. The summed E-state index contributed by atoms with van der Waals surface area (Å²) in [5, 5.41) is 4.82. The predicted octanol–water partition coefficient (Wildman–Crippen LogP) is 4.63. The van der Waals surface area contributed by atoms with Crippen LogP contribution in [0, 0.1) is 0 Å². The van der Waals surface area contributed by atoms with Gasteiger partial charge in [0.25, 0.3) is 0 Å². The lowest BCUT2D eigenvalue weighted by Gasteiger charge is -2.20. The van der Waals surface area contributed by atoms with Crippen LogP contribution in [-0.2, 0) is 6.42 Å². The van der Waals surface area contributed by atoms with Crippen LogP contribution in [0.15, 0.2) is 36.4 Å². The second-order valence-corrected chi connectivity index (χ2v) is 6.03. The van der Waals surface area contributed by atoms with Crippen molar-refractivity contribution in [2.45, 2.75) is 19.4 Å². The van der Waals surface area contributed by atoms with Crippen molar-refractivity contribution in [3.8, 4) is 5.75 Å². The fourth-order valence-corrected chi connectivity index (χ4v) is 3.30. The molecule has 1 N–H and O–H groups in total. The lowest BCUT2D eigenvalue weighted by atomic mass is 9.96. The number of hydrogen-bond acceptors (Lipinski definition) is 2. The number of ether oxygens (including phenoxy) is 1. The molecule has 1 heterocycles. The van der Waals surface area contributed by atoms with Gasteiger partial charge in [-0.15, -0.1) is 0 Å². The molecule has 0 aliphatic carbocycles. The molecule has 3 rings (SSSR count). The normalized spacial score (nSPS) is 14.6. The molecule has 2 nitrogen and oxygen atoms in total. The van der Waals surface area contributed by atoms with Gasteiger partial charge in [-0.2, -0.15) is 0 Å². The third kappa shape index (κ3) is 3.18. The first kappa shape index (κ1) is 14.7. The van der Waals surface area contributed by atoms with Crippen molar-refractivity contribution >= 4 is 23.2 Å². The minimum Gasteiger partial charge on any atom is -0.493 e. The van der Waals surface area contributed by atoms with Crippen LogP contribution in [0.25, 0.3) is 0 Å². The van der Waals surface area contributed by atoms with Crippen LogP contribution in [0.1, 0.15) is 29.7 Å². The molecule has 0 saturated carbocycles. The molecular weight excluding hydrogens is 305 g/mol. The molecule has 21 heavy (non-hydrogen) atoms. The molecule has 1 unspecified atom stereocenters. The average molecular weight is 322 g/mol. The predicted molar refractivity (Wildman–Crippen MR) is 87.6 cm³/mol. The van der Waals surface area contributed by atoms with E-state index in [1.165, 1.54) is 11.1 Å². The number of hydrogen-bond donors (Lipinski definition) is 1. The number of halogens is 2. The molecule has 4 heteroatoms. The van der Waals surface area contributed by atoms with E-state index in [0.717, 1.165) is 30.9 Å². The molecule has 110 valence electrons. The highest BCUT2D eigenvalue weighted by Crippen LogP contribution is 2.32. The Morgan fingerprint density at radius 2 is 1.86 bits per heavy atom. The maximum Gasteiger partial charge on any atom is 0.122 e. The largest absolute Gasteiger partial charge is 0.493 e. The lowest BCUT2D eigenvalue weighted by Crippen LogP contribution is -2.22. The highest BCUT2D eigenvalue weighted by molar-refractivity contribution is 6.34. The number of nitrogens with one attached hydrogen (secondary N) is 1. The first-order chi connectivity index (χ1) is 10.2. The average Bonchev–Trinajstić information content (AvgIpc) is 2.91. The van der Waals surface area contributed by atoms with Gasteiger partial charge in [0.15, 0.2) is 0 Å². The van der Waals surface area contributed by atoms with Gasteiger partial charge in [-0.1, -0.05) is 42.3 Å². The topological polar surface area (TPSA) is 21.3 Å². The maximum absolute atomic E-state index is 6.14. The Kier molecular flexibility index (Phi) is 4.39. The van der Waals surface area contributed by atoms with Crippen LogP contribution >= 0.6 is 23.2 Å². The molecule has 0 amide bonds. The van der Waals surface area contributed by atoms with E-state index >= 15 is 0 Å². The molecule has 1 aliphatic heterocycles. The zero-order valence-corrected chi connectivity index (χ0v) is 13.3. The molecule has 1 atom stereocenters. The van der Waals surface area contributed by atoms with Gasteiger partial charge in [-0.3, -0.25) is 0 Å². The van der Waals surface area contributed by atoms with Gasteiger partial charge in [-0.05, 0) is 47.5 Å². The molecule has 0 saturated heterocycles. The van der Waals surface area contributed by atoms with Gasteiger partial charge in [-0.25, -0.2) is 0 Å². The molecule has 2 aromatic carbocycles. The quantitative estimate of drug-likeness (QED) is 0.886. The van der Waals surface area contributed by atoms with Crippen LogP contribution in [0.4, 0.5) is 0 Å². The Bertz CT molecular complexity index is 637. The van der Waals surface area contributed by atoms with Crippen molar-refractivity contribution in [1.82, 2.24) is 5.32 Å². The molecule has 0 aromatic heterocycles. The van der Waals surface area contributed by atoms with Gasteiger partial charge < -0.3 is 10.1 Å². The third-order valence-electron chi connectivity index (χ3n) is 3.67. The van der Waals surface area contributed by atoms with Gasteiger partial charge in [0.1, 0.15) is 5.75 Å². The molecule has 0 fully saturated rings. The Hall–Kier alpha value is -1.22. The second kappa shape index (κ2) is 6.27. The highest BCUT2D eigenvalue weighted by Gasteiger charge is 2.18. The van der Waals surface area contributed by atoms with Crippen LogP contribution in [0.3, 0.4) is 0 Å². The minimum atomic E-state index is 0.0806. The zero-order valence-electron chi connectivity index (χ0n) is 11.8. The van der Waals surface area contributed by atoms with E-state index in [4.69, 9.17) is 27.9 Å². The summed E-state index contributed by atoms with van der Waals surface area (Å²) in [6, 6.07) is 12.1. The van der Waals surface area contributed by atoms with E-state index in [9.17, 15) is 0 Å². The summed E-state index contributed by atoms with van der Waals surface area (Å²) in [6.07, 6.45) is 0.971. The molecule has 0 bridgehead atoms. The standard InChI is InChI=1S/C17H17Cl2NO/c1-2-20-17(13-8-14(18)10-15(19)9-13)12-3-4-16-11(7-12)5-6-21-16/h3-4,7-10,17,20H,2,5-6H2,1H3. The van der Waals surface area contributed by atoms with Gasteiger partial charge >= 0.3 is 0 Å². The summed E-state index contributed by atoms with van der Waals surface area (Å²) in [5.41, 5.74) is 3.55. The summed E-state index contributed by atoms with van der Waals surface area (Å²) in [7, 11) is 0. The Morgan fingerprint density at radius 3 is 2.57 bits per heavy atom. The summed E-state index contributed by atoms with van der Waals surface area (Å²) < 4.78 is 5.57. The Labute approximate surface area is 135 Å². The number of fused-ring (bicyclic) bond motifs is 1. The lowest BCUT2D eigenvalue weighted by molar-refractivity contribution is 0.357. The van der Waals surface area contributed by atoms with E-state index in [1.807, 2.05) is 18.2 Å². The van der Waals surface area contributed by atoms with Gasteiger partial charge in [0.05, 0.1) is 12.6 Å². The zero-order chi connectivity index (χ0) is 14.8. The van der Waals surface area contributed by atoms with Gasteiger partial charge in [0, 0.05) is 16.5 Å². The molecular formula is C17H17Cl2NO. The Balaban J connectivity index is 2.01. The van der Waals surface area contributed by atoms with Crippen molar-refractivity contribution in [1.29, 1.82) is 0 Å². The summed E-state index contributed by atoms with van der Waals surface area (Å²) in [4.78, 5) is 0. The highest BCUT2D eigenvalue weighted by atomic mass is 35.5. The first-order valence-corrected chi connectivity index (χ1v) is 7.88. The van der Waals surface area contributed by atoms with Crippen molar-refractivity contribution in [3.05, 3.63) is 63.1 Å². The Morgan fingerprint density at radius 1 is 1.10 bits per heavy atom. The smallest absolute Gasteiger partial charge is 0.122 e. The summed E-state index contributed by atoms with van der Waals surface area (Å²) in [6.45, 7) is 3.73. The van der Waals surface area contributed by atoms with E-state index in [-0.39, 0.29) is 6.04 Å². The maximum atomic E-state index is 6.14.